The van der Waals surface area contributed by atoms with Crippen LogP contribution in [0.3, 0.4) is 0 Å². The van der Waals surface area contributed by atoms with Crippen molar-refractivity contribution in [1.29, 1.82) is 0 Å². The lowest BCUT2D eigenvalue weighted by molar-refractivity contribution is -0.117. The molecule has 0 N–H and O–H groups in total. The summed E-state index contributed by atoms with van der Waals surface area (Å²) in [4.78, 5) is 23.6. The first-order valence-electron chi connectivity index (χ1n) is 7.50. The van der Waals surface area contributed by atoms with Crippen molar-refractivity contribution >= 4 is 12.5 Å². The first kappa shape index (κ1) is 18.7. The minimum Gasteiger partial charge on any atom is -0.443 e. The van der Waals surface area contributed by atoms with Gasteiger partial charge in [0, 0.05) is 6.54 Å². The fourth-order valence-corrected chi connectivity index (χ4v) is 1.65. The summed E-state index contributed by atoms with van der Waals surface area (Å²) in [6, 6.07) is 0. The number of nitrogens with zero attached hydrogens (tertiary/aromatic N) is 1. The van der Waals surface area contributed by atoms with E-state index in [1.165, 1.54) is 25.7 Å². The van der Waals surface area contributed by atoms with Crippen LogP contribution in [0.1, 0.15) is 66.2 Å². The number of hydrogen-bond donors (Lipinski definition) is 0. The summed E-state index contributed by atoms with van der Waals surface area (Å²) in [6.07, 6.45) is 11.0. The fourth-order valence-electron chi connectivity index (χ4n) is 1.65. The number of allylic oxidation sites excluding steroid dienone is 1. The molecule has 0 aliphatic rings. The molecule has 0 spiro atoms. The minimum absolute atomic E-state index is 0.271. The Morgan fingerprint density at radius 2 is 1.75 bits per heavy atom. The monoisotopic (exact) mass is 283 g/mol. The second kappa shape index (κ2) is 10.5. The second-order valence-corrected chi connectivity index (χ2v) is 5.91. The van der Waals surface area contributed by atoms with Gasteiger partial charge in [-0.3, -0.25) is 4.79 Å². The fraction of sp³-hybridized carbons (Fsp3) is 0.750. The van der Waals surface area contributed by atoms with Gasteiger partial charge in [-0.2, -0.15) is 0 Å². The van der Waals surface area contributed by atoms with Crippen molar-refractivity contribution < 1.29 is 14.3 Å². The summed E-state index contributed by atoms with van der Waals surface area (Å²) < 4.78 is 5.14. The smallest absolute Gasteiger partial charge is 0.417 e. The van der Waals surface area contributed by atoms with Crippen LogP contribution in [0.25, 0.3) is 0 Å². The van der Waals surface area contributed by atoms with Crippen LogP contribution in [0.2, 0.25) is 0 Å². The molecule has 4 heteroatoms. The van der Waals surface area contributed by atoms with E-state index in [4.69, 9.17) is 4.74 Å². The Morgan fingerprint density at radius 3 is 2.30 bits per heavy atom. The first-order valence-corrected chi connectivity index (χ1v) is 7.50. The molecule has 0 aromatic rings. The predicted octanol–water partition coefficient (Wildman–Crippen LogP) is 4.30. The largest absolute Gasteiger partial charge is 0.443 e. The molecule has 0 saturated carbocycles. The minimum atomic E-state index is -0.597. The first-order chi connectivity index (χ1) is 9.40. The maximum Gasteiger partial charge on any atom is 0.417 e. The van der Waals surface area contributed by atoms with Gasteiger partial charge >= 0.3 is 6.09 Å². The van der Waals surface area contributed by atoms with Crippen LogP contribution in [0.15, 0.2) is 12.2 Å². The van der Waals surface area contributed by atoms with E-state index in [-0.39, 0.29) is 6.54 Å². The zero-order valence-corrected chi connectivity index (χ0v) is 13.4. The van der Waals surface area contributed by atoms with Gasteiger partial charge in [0.05, 0.1) is 0 Å². The highest BCUT2D eigenvalue weighted by atomic mass is 16.6. The van der Waals surface area contributed by atoms with Gasteiger partial charge in [-0.15, -0.1) is 0 Å². The highest BCUT2D eigenvalue weighted by Gasteiger charge is 2.20. The summed E-state index contributed by atoms with van der Waals surface area (Å²) in [5.74, 6) is 0. The van der Waals surface area contributed by atoms with Crippen LogP contribution in [-0.4, -0.2) is 29.5 Å². The molecule has 0 heterocycles. The lowest BCUT2D eigenvalue weighted by Crippen LogP contribution is -2.36. The van der Waals surface area contributed by atoms with Crippen molar-refractivity contribution in [3.63, 3.8) is 0 Å². The quantitative estimate of drug-likeness (QED) is 0.360. The zero-order valence-electron chi connectivity index (χ0n) is 13.4. The van der Waals surface area contributed by atoms with E-state index in [9.17, 15) is 9.59 Å². The maximum absolute atomic E-state index is 11.7. The molecule has 0 unspecified atom stereocenters. The van der Waals surface area contributed by atoms with Crippen molar-refractivity contribution in [3.8, 4) is 0 Å². The third-order valence-electron chi connectivity index (χ3n) is 2.70. The van der Waals surface area contributed by atoms with Crippen molar-refractivity contribution in [2.45, 2.75) is 71.8 Å². The highest BCUT2D eigenvalue weighted by Crippen LogP contribution is 2.09. The Balaban J connectivity index is 3.89. The van der Waals surface area contributed by atoms with Crippen molar-refractivity contribution in [3.05, 3.63) is 12.2 Å². The number of carbonyl (C=O) groups excluding carboxylic acids is 2. The number of hydrogen-bond acceptors (Lipinski definition) is 3. The Kier molecular flexibility index (Phi) is 9.77. The molecule has 0 fully saturated rings. The zero-order chi connectivity index (χ0) is 15.4. The molecule has 20 heavy (non-hydrogen) atoms. The van der Waals surface area contributed by atoms with Gasteiger partial charge < -0.3 is 4.74 Å². The SMILES string of the molecule is CCCCCCC/C=C/CN(C=O)C(=O)OC(C)(C)C. The van der Waals surface area contributed by atoms with Crippen LogP contribution < -0.4 is 0 Å². The highest BCUT2D eigenvalue weighted by molar-refractivity contribution is 5.80. The second-order valence-electron chi connectivity index (χ2n) is 5.91. The molecule has 0 saturated heterocycles. The summed E-state index contributed by atoms with van der Waals surface area (Å²) in [6.45, 7) is 7.80. The van der Waals surface area contributed by atoms with Crippen molar-refractivity contribution in [1.82, 2.24) is 4.90 Å². The molecule has 4 nitrogen and oxygen atoms in total. The van der Waals surface area contributed by atoms with Crippen LogP contribution >= 0.6 is 0 Å². The standard InChI is InChI=1S/C16H29NO3/c1-5-6-7-8-9-10-11-12-13-17(14-18)15(19)20-16(2,3)4/h11-12,14H,5-10,13H2,1-4H3/b12-11+. The van der Waals surface area contributed by atoms with Crippen LogP contribution in [-0.2, 0) is 9.53 Å². The third-order valence-corrected chi connectivity index (χ3v) is 2.70. The Bertz CT molecular complexity index is 305. The van der Waals surface area contributed by atoms with Crippen LogP contribution in [0, 0.1) is 0 Å². The Labute approximate surface area is 123 Å². The summed E-state index contributed by atoms with van der Waals surface area (Å²) in [5.41, 5.74) is -0.582. The average Bonchev–Trinajstić information content (AvgIpc) is 2.35. The van der Waals surface area contributed by atoms with Gasteiger partial charge in [0.25, 0.3) is 0 Å². The molecule has 116 valence electrons. The Morgan fingerprint density at radius 1 is 1.10 bits per heavy atom. The lowest BCUT2D eigenvalue weighted by atomic mass is 10.1. The number of rotatable bonds is 9. The van der Waals surface area contributed by atoms with E-state index < -0.39 is 11.7 Å². The van der Waals surface area contributed by atoms with Crippen LogP contribution in [0.5, 0.6) is 0 Å². The van der Waals surface area contributed by atoms with Gasteiger partial charge in [0.2, 0.25) is 6.41 Å². The molecule has 0 aromatic carbocycles. The predicted molar refractivity (Wildman–Crippen MR) is 81.5 cm³/mol. The topological polar surface area (TPSA) is 46.6 Å². The number of carbonyl (C=O) groups is 2. The Hall–Kier alpha value is -1.32. The average molecular weight is 283 g/mol. The molecule has 2 amide bonds. The van der Waals surface area contributed by atoms with E-state index >= 15 is 0 Å². The molecular formula is C16H29NO3. The van der Waals surface area contributed by atoms with E-state index in [0.717, 1.165) is 17.7 Å². The molecular weight excluding hydrogens is 254 g/mol. The van der Waals surface area contributed by atoms with Crippen LogP contribution in [0.4, 0.5) is 4.79 Å². The van der Waals surface area contributed by atoms with Crippen molar-refractivity contribution in [2.75, 3.05) is 6.54 Å². The maximum atomic E-state index is 11.7. The lowest BCUT2D eigenvalue weighted by Gasteiger charge is -2.22. The summed E-state index contributed by atoms with van der Waals surface area (Å²) in [7, 11) is 0. The molecule has 0 aromatic heterocycles. The van der Waals surface area contributed by atoms with Gasteiger partial charge in [0.15, 0.2) is 0 Å². The molecule has 0 atom stereocenters. The molecule has 0 radical (unpaired) electrons. The molecule has 0 rings (SSSR count). The van der Waals surface area contributed by atoms with Crippen molar-refractivity contribution in [2.24, 2.45) is 0 Å². The van der Waals surface area contributed by atoms with E-state index in [1.54, 1.807) is 20.8 Å². The van der Waals surface area contributed by atoms with E-state index in [0.29, 0.717) is 6.41 Å². The van der Waals surface area contributed by atoms with E-state index in [2.05, 4.69) is 6.92 Å². The van der Waals surface area contributed by atoms with Gasteiger partial charge in [-0.1, -0.05) is 44.8 Å². The summed E-state index contributed by atoms with van der Waals surface area (Å²) in [5, 5.41) is 0. The van der Waals surface area contributed by atoms with Gasteiger partial charge in [0.1, 0.15) is 5.60 Å². The van der Waals surface area contributed by atoms with E-state index in [1.807, 2.05) is 12.2 Å². The van der Waals surface area contributed by atoms with Gasteiger partial charge in [-0.05, 0) is 33.6 Å². The molecule has 0 aliphatic heterocycles. The number of unbranched alkanes of at least 4 members (excludes halogenated alkanes) is 5. The molecule has 0 aliphatic carbocycles. The van der Waals surface area contributed by atoms with Gasteiger partial charge in [-0.25, -0.2) is 9.69 Å². The third kappa shape index (κ3) is 10.6. The summed E-state index contributed by atoms with van der Waals surface area (Å²) >= 11 is 0. The number of ether oxygens (including phenoxy) is 1. The molecule has 0 bridgehead atoms. The number of amides is 2. The number of imide groups is 1. The normalized spacial score (nSPS) is 11.6.